The van der Waals surface area contributed by atoms with E-state index in [0.717, 1.165) is 11.3 Å². The predicted molar refractivity (Wildman–Crippen MR) is 121 cm³/mol. The lowest BCUT2D eigenvalue weighted by Gasteiger charge is -2.14. The molecule has 5 heterocycles. The summed E-state index contributed by atoms with van der Waals surface area (Å²) in [6.45, 7) is 0. The second kappa shape index (κ2) is 7.14. The van der Waals surface area contributed by atoms with Gasteiger partial charge < -0.3 is 13.3 Å². The third-order valence-corrected chi connectivity index (χ3v) is 5.62. The molecule has 5 aromatic heterocycles. The minimum Gasteiger partial charge on any atom is -0.448 e. The van der Waals surface area contributed by atoms with Gasteiger partial charge in [-0.3, -0.25) is 9.36 Å². The highest BCUT2D eigenvalue weighted by molar-refractivity contribution is 7.71. The summed E-state index contributed by atoms with van der Waals surface area (Å²) >= 11 is 5.78. The summed E-state index contributed by atoms with van der Waals surface area (Å²) in [6, 6.07) is 22.2. The van der Waals surface area contributed by atoms with Gasteiger partial charge >= 0.3 is 0 Å². The predicted octanol–water partition coefficient (Wildman–Crippen LogP) is 5.75. The normalized spacial score (nSPS) is 11.4. The van der Waals surface area contributed by atoms with Crippen molar-refractivity contribution in [2.24, 2.45) is 0 Å². The molecule has 0 unspecified atom stereocenters. The second-order valence-electron chi connectivity index (χ2n) is 7.08. The molecule has 0 spiro atoms. The standard InChI is InChI=1S/C24H15N3O4S/c28-23-17-15-18(16-7-2-1-3-8-16)25(19-9-4-12-29-19)22(17)26(20-10-5-13-30-20)24(32)27(23)21-11-6-14-31-21/h1-15H. The average Bonchev–Trinajstić information content (AvgIpc) is 3.62. The van der Waals surface area contributed by atoms with E-state index in [2.05, 4.69) is 0 Å². The summed E-state index contributed by atoms with van der Waals surface area (Å²) in [5, 5.41) is 0.432. The molecule has 0 amide bonds. The number of benzene rings is 1. The van der Waals surface area contributed by atoms with Gasteiger partial charge in [-0.15, -0.1) is 0 Å². The highest BCUT2D eigenvalue weighted by Crippen LogP contribution is 2.32. The maximum Gasteiger partial charge on any atom is 0.270 e. The van der Waals surface area contributed by atoms with Crippen LogP contribution in [0.25, 0.3) is 39.9 Å². The van der Waals surface area contributed by atoms with Gasteiger partial charge in [-0.2, -0.15) is 0 Å². The van der Waals surface area contributed by atoms with Crippen LogP contribution in [0.2, 0.25) is 0 Å². The van der Waals surface area contributed by atoms with Crippen LogP contribution in [-0.2, 0) is 0 Å². The molecule has 6 rings (SSSR count). The molecule has 7 nitrogen and oxygen atoms in total. The minimum absolute atomic E-state index is 0.206. The molecule has 0 bridgehead atoms. The van der Waals surface area contributed by atoms with Crippen molar-refractivity contribution in [2.45, 2.75) is 0 Å². The van der Waals surface area contributed by atoms with Crippen molar-refractivity contribution in [2.75, 3.05) is 0 Å². The molecule has 8 heteroatoms. The van der Waals surface area contributed by atoms with Crippen molar-refractivity contribution in [3.8, 4) is 28.9 Å². The van der Waals surface area contributed by atoms with E-state index in [1.807, 2.05) is 47.0 Å². The van der Waals surface area contributed by atoms with Gasteiger partial charge in [0.05, 0.1) is 29.9 Å². The largest absolute Gasteiger partial charge is 0.448 e. The SMILES string of the molecule is O=c1c2cc(-c3ccccc3)n(-c3ccco3)c2n(-c2ccco2)c(=S)n1-c1ccco1. The van der Waals surface area contributed by atoms with Gasteiger partial charge in [0.2, 0.25) is 17.7 Å². The molecule has 0 saturated carbocycles. The number of fused-ring (bicyclic) bond motifs is 1. The number of nitrogens with zero attached hydrogens (tertiary/aromatic N) is 3. The Kier molecular flexibility index (Phi) is 4.12. The molecule has 6 aromatic rings. The Morgan fingerprint density at radius 2 is 1.22 bits per heavy atom. The molecule has 1 aromatic carbocycles. The summed E-state index contributed by atoms with van der Waals surface area (Å²) in [5.74, 6) is 1.34. The smallest absolute Gasteiger partial charge is 0.270 e. The van der Waals surface area contributed by atoms with E-state index in [-0.39, 0.29) is 10.3 Å². The quantitative estimate of drug-likeness (QED) is 0.326. The summed E-state index contributed by atoms with van der Waals surface area (Å²) < 4.78 is 22.2. The van der Waals surface area contributed by atoms with E-state index < -0.39 is 0 Å². The molecule has 0 atom stereocenters. The van der Waals surface area contributed by atoms with Crippen LogP contribution in [0.15, 0.2) is 110 Å². The van der Waals surface area contributed by atoms with Gasteiger partial charge in [0.25, 0.3) is 5.56 Å². The summed E-state index contributed by atoms with van der Waals surface area (Å²) in [6.07, 6.45) is 4.65. The Bertz CT molecular complexity index is 1640. The van der Waals surface area contributed by atoms with Gasteiger partial charge in [0.15, 0.2) is 4.77 Å². The summed E-state index contributed by atoms with van der Waals surface area (Å²) in [7, 11) is 0. The van der Waals surface area contributed by atoms with E-state index in [0.29, 0.717) is 28.7 Å². The monoisotopic (exact) mass is 441 g/mol. The topological polar surface area (TPSA) is 71.3 Å². The maximum atomic E-state index is 13.7. The van der Waals surface area contributed by atoms with E-state index in [4.69, 9.17) is 25.5 Å². The van der Waals surface area contributed by atoms with Gasteiger partial charge in [-0.1, -0.05) is 30.3 Å². The molecular formula is C24H15N3O4S. The van der Waals surface area contributed by atoms with Crippen molar-refractivity contribution >= 4 is 23.3 Å². The number of hydrogen-bond donors (Lipinski definition) is 0. The lowest BCUT2D eigenvalue weighted by molar-refractivity contribution is 0.511. The van der Waals surface area contributed by atoms with Crippen LogP contribution >= 0.6 is 12.2 Å². The fourth-order valence-electron chi connectivity index (χ4n) is 3.90. The number of aromatic nitrogens is 3. The Hall–Kier alpha value is -4.30. The number of rotatable bonds is 4. The van der Waals surface area contributed by atoms with E-state index in [1.165, 1.54) is 10.8 Å². The van der Waals surface area contributed by atoms with Crippen molar-refractivity contribution < 1.29 is 13.3 Å². The maximum absolute atomic E-state index is 13.7. The van der Waals surface area contributed by atoms with E-state index >= 15 is 0 Å². The first-order valence-electron chi connectivity index (χ1n) is 9.84. The molecule has 0 aliphatic heterocycles. The van der Waals surface area contributed by atoms with E-state index in [1.54, 1.807) is 47.4 Å². The molecule has 0 aliphatic carbocycles. The minimum atomic E-state index is -0.301. The Labute approximate surface area is 186 Å². The van der Waals surface area contributed by atoms with Crippen LogP contribution in [0, 0.1) is 4.77 Å². The van der Waals surface area contributed by atoms with Crippen LogP contribution < -0.4 is 5.56 Å². The third-order valence-electron chi connectivity index (χ3n) is 5.25. The van der Waals surface area contributed by atoms with Gasteiger partial charge in [0, 0.05) is 18.2 Å². The van der Waals surface area contributed by atoms with Crippen LogP contribution in [0.5, 0.6) is 0 Å². The molecule has 0 aliphatic rings. The number of furan rings is 3. The van der Waals surface area contributed by atoms with Crippen LogP contribution in [0.3, 0.4) is 0 Å². The average molecular weight is 441 g/mol. The van der Waals surface area contributed by atoms with Crippen LogP contribution in [0.1, 0.15) is 0 Å². The lowest BCUT2D eigenvalue weighted by atomic mass is 10.1. The first kappa shape index (κ1) is 18.5. The second-order valence-corrected chi connectivity index (χ2v) is 7.45. The molecule has 32 heavy (non-hydrogen) atoms. The molecule has 0 saturated heterocycles. The van der Waals surface area contributed by atoms with Crippen molar-refractivity contribution in [1.29, 1.82) is 0 Å². The van der Waals surface area contributed by atoms with Crippen molar-refractivity contribution in [3.63, 3.8) is 0 Å². The first-order valence-corrected chi connectivity index (χ1v) is 10.3. The molecular weight excluding hydrogens is 426 g/mol. The Morgan fingerprint density at radius 3 is 1.78 bits per heavy atom. The first-order chi connectivity index (χ1) is 15.7. The molecule has 156 valence electrons. The van der Waals surface area contributed by atoms with E-state index in [9.17, 15) is 4.79 Å². The number of hydrogen-bond acceptors (Lipinski definition) is 5. The molecule has 0 fully saturated rings. The zero-order valence-electron chi connectivity index (χ0n) is 16.5. The highest BCUT2D eigenvalue weighted by atomic mass is 32.1. The van der Waals surface area contributed by atoms with Crippen LogP contribution in [0.4, 0.5) is 0 Å². The van der Waals surface area contributed by atoms with Gasteiger partial charge in [-0.25, -0.2) is 9.13 Å². The Morgan fingerprint density at radius 1 is 0.656 bits per heavy atom. The lowest BCUT2D eigenvalue weighted by Crippen LogP contribution is -2.23. The van der Waals surface area contributed by atoms with Crippen LogP contribution in [-0.4, -0.2) is 13.7 Å². The Balaban J connectivity index is 1.85. The van der Waals surface area contributed by atoms with Gasteiger partial charge in [-0.05, 0) is 42.0 Å². The molecule has 0 radical (unpaired) electrons. The highest BCUT2D eigenvalue weighted by Gasteiger charge is 2.24. The fraction of sp³-hybridized carbons (Fsp3) is 0. The fourth-order valence-corrected chi connectivity index (χ4v) is 4.25. The summed E-state index contributed by atoms with van der Waals surface area (Å²) in [5.41, 5.74) is 1.93. The van der Waals surface area contributed by atoms with Crippen molar-refractivity contribution in [3.05, 3.63) is 107 Å². The van der Waals surface area contributed by atoms with Crippen molar-refractivity contribution in [1.82, 2.24) is 13.7 Å². The molecule has 0 N–H and O–H groups in total. The zero-order valence-corrected chi connectivity index (χ0v) is 17.4. The zero-order chi connectivity index (χ0) is 21.7. The third kappa shape index (κ3) is 2.67. The van der Waals surface area contributed by atoms with Gasteiger partial charge in [0.1, 0.15) is 5.65 Å². The summed E-state index contributed by atoms with van der Waals surface area (Å²) in [4.78, 5) is 13.7.